The Hall–Kier alpha value is -2.69. The fourth-order valence-electron chi connectivity index (χ4n) is 2.19. The highest BCUT2D eigenvalue weighted by atomic mass is 16.2. The van der Waals surface area contributed by atoms with Crippen molar-refractivity contribution < 1.29 is 9.59 Å². The van der Waals surface area contributed by atoms with Crippen molar-refractivity contribution >= 4 is 17.6 Å². The molecular weight excluding hydrogens is 290 g/mol. The molecule has 2 N–H and O–H groups in total. The Kier molecular flexibility index (Phi) is 5.11. The quantitative estimate of drug-likeness (QED) is 0.892. The Morgan fingerprint density at radius 2 is 1.74 bits per heavy atom. The molecule has 1 aromatic carbocycles. The van der Waals surface area contributed by atoms with Crippen molar-refractivity contribution in [2.75, 3.05) is 11.9 Å². The van der Waals surface area contributed by atoms with Crippen LogP contribution < -0.4 is 10.6 Å². The smallest absolute Gasteiger partial charge is 0.269 e. The largest absolute Gasteiger partial charge is 0.350 e. The topological polar surface area (TPSA) is 71.1 Å². The third-order valence-corrected chi connectivity index (χ3v) is 3.53. The van der Waals surface area contributed by atoms with Gasteiger partial charge in [0.15, 0.2) is 0 Å². The van der Waals surface area contributed by atoms with E-state index in [1.807, 2.05) is 30.3 Å². The Labute approximate surface area is 136 Å². The van der Waals surface area contributed by atoms with E-state index in [0.29, 0.717) is 12.4 Å². The SMILES string of the molecule is CC(=O)Nc1cccc(C(=O)NCC(C)(C)c2ccccc2)n1. The van der Waals surface area contributed by atoms with Crippen molar-refractivity contribution in [3.63, 3.8) is 0 Å². The lowest BCUT2D eigenvalue weighted by Crippen LogP contribution is -2.37. The molecule has 0 atom stereocenters. The number of aromatic nitrogens is 1. The van der Waals surface area contributed by atoms with E-state index in [0.717, 1.165) is 5.56 Å². The number of pyridine rings is 1. The average molecular weight is 311 g/mol. The highest BCUT2D eigenvalue weighted by Gasteiger charge is 2.21. The molecule has 1 heterocycles. The predicted molar refractivity (Wildman–Crippen MR) is 90.3 cm³/mol. The van der Waals surface area contributed by atoms with Gasteiger partial charge in [-0.25, -0.2) is 4.98 Å². The van der Waals surface area contributed by atoms with Crippen molar-refractivity contribution in [2.24, 2.45) is 0 Å². The molecule has 5 heteroatoms. The molecule has 0 aliphatic rings. The third kappa shape index (κ3) is 4.64. The minimum Gasteiger partial charge on any atom is -0.350 e. The standard InChI is InChI=1S/C18H21N3O2/c1-13(22)20-16-11-7-10-15(21-16)17(23)19-12-18(2,3)14-8-5-4-6-9-14/h4-11H,12H2,1-3H3,(H,19,23)(H,20,21,22). The Morgan fingerprint density at radius 1 is 1.04 bits per heavy atom. The molecule has 1 aromatic heterocycles. The molecule has 0 saturated carbocycles. The number of hydrogen-bond donors (Lipinski definition) is 2. The van der Waals surface area contributed by atoms with Crippen LogP contribution in [-0.2, 0) is 10.2 Å². The van der Waals surface area contributed by atoms with Gasteiger partial charge in [0.25, 0.3) is 5.91 Å². The zero-order valence-corrected chi connectivity index (χ0v) is 13.6. The zero-order chi connectivity index (χ0) is 16.9. The maximum atomic E-state index is 12.3. The second kappa shape index (κ2) is 7.05. The molecule has 2 aromatic rings. The second-order valence-electron chi connectivity index (χ2n) is 6.02. The Bertz CT molecular complexity index is 696. The summed E-state index contributed by atoms with van der Waals surface area (Å²) in [5, 5.41) is 5.47. The molecule has 23 heavy (non-hydrogen) atoms. The van der Waals surface area contributed by atoms with Gasteiger partial charge in [-0.1, -0.05) is 50.2 Å². The number of benzene rings is 1. The van der Waals surface area contributed by atoms with Crippen LogP contribution in [0.25, 0.3) is 0 Å². The summed E-state index contributed by atoms with van der Waals surface area (Å²) >= 11 is 0. The van der Waals surface area contributed by atoms with E-state index in [9.17, 15) is 9.59 Å². The molecule has 0 spiro atoms. The summed E-state index contributed by atoms with van der Waals surface area (Å²) in [5.41, 5.74) is 1.24. The summed E-state index contributed by atoms with van der Waals surface area (Å²) in [6.45, 7) is 6.03. The monoisotopic (exact) mass is 311 g/mol. The highest BCUT2D eigenvalue weighted by molar-refractivity contribution is 5.93. The third-order valence-electron chi connectivity index (χ3n) is 3.53. The van der Waals surface area contributed by atoms with Gasteiger partial charge in [-0.2, -0.15) is 0 Å². The van der Waals surface area contributed by atoms with E-state index in [4.69, 9.17) is 0 Å². The van der Waals surface area contributed by atoms with Crippen LogP contribution in [-0.4, -0.2) is 23.3 Å². The first-order valence-corrected chi connectivity index (χ1v) is 7.47. The Balaban J connectivity index is 2.03. The van der Waals surface area contributed by atoms with Crippen molar-refractivity contribution in [1.82, 2.24) is 10.3 Å². The molecule has 0 aliphatic heterocycles. The van der Waals surface area contributed by atoms with Gasteiger partial charge in [0.1, 0.15) is 11.5 Å². The predicted octanol–water partition coefficient (Wildman–Crippen LogP) is 2.75. The van der Waals surface area contributed by atoms with Gasteiger partial charge >= 0.3 is 0 Å². The Morgan fingerprint density at radius 3 is 2.39 bits per heavy atom. The first-order valence-electron chi connectivity index (χ1n) is 7.47. The highest BCUT2D eigenvalue weighted by Crippen LogP contribution is 2.21. The van der Waals surface area contributed by atoms with Gasteiger partial charge in [0.2, 0.25) is 5.91 Å². The minimum atomic E-state index is -0.263. The number of anilines is 1. The number of nitrogens with zero attached hydrogens (tertiary/aromatic N) is 1. The van der Waals surface area contributed by atoms with Crippen LogP contribution in [0.4, 0.5) is 5.82 Å². The van der Waals surface area contributed by atoms with E-state index >= 15 is 0 Å². The van der Waals surface area contributed by atoms with Crippen molar-refractivity contribution in [3.05, 3.63) is 59.8 Å². The zero-order valence-electron chi connectivity index (χ0n) is 13.6. The van der Waals surface area contributed by atoms with E-state index in [-0.39, 0.29) is 22.9 Å². The minimum absolute atomic E-state index is 0.188. The molecule has 5 nitrogen and oxygen atoms in total. The van der Waals surface area contributed by atoms with E-state index in [1.54, 1.807) is 18.2 Å². The van der Waals surface area contributed by atoms with Crippen molar-refractivity contribution in [1.29, 1.82) is 0 Å². The molecule has 0 aliphatic carbocycles. The van der Waals surface area contributed by atoms with Crippen LogP contribution in [0.3, 0.4) is 0 Å². The van der Waals surface area contributed by atoms with Gasteiger partial charge in [0, 0.05) is 18.9 Å². The lowest BCUT2D eigenvalue weighted by Gasteiger charge is -2.25. The van der Waals surface area contributed by atoms with E-state index < -0.39 is 0 Å². The molecule has 0 radical (unpaired) electrons. The summed E-state index contributed by atoms with van der Waals surface area (Å²) in [6, 6.07) is 15.0. The van der Waals surface area contributed by atoms with Crippen molar-refractivity contribution in [3.8, 4) is 0 Å². The van der Waals surface area contributed by atoms with Crippen LogP contribution >= 0.6 is 0 Å². The first-order chi connectivity index (χ1) is 10.9. The van der Waals surface area contributed by atoms with Crippen LogP contribution in [0.1, 0.15) is 36.8 Å². The van der Waals surface area contributed by atoms with Crippen LogP contribution in [0.5, 0.6) is 0 Å². The van der Waals surface area contributed by atoms with Crippen LogP contribution in [0.2, 0.25) is 0 Å². The fourth-order valence-corrected chi connectivity index (χ4v) is 2.19. The number of amides is 2. The van der Waals surface area contributed by atoms with E-state index in [1.165, 1.54) is 6.92 Å². The fraction of sp³-hybridized carbons (Fsp3) is 0.278. The lowest BCUT2D eigenvalue weighted by atomic mass is 9.84. The number of nitrogens with one attached hydrogen (secondary N) is 2. The van der Waals surface area contributed by atoms with Crippen LogP contribution in [0, 0.1) is 0 Å². The summed E-state index contributed by atoms with van der Waals surface area (Å²) in [5.74, 6) is -0.117. The maximum Gasteiger partial charge on any atom is 0.269 e. The second-order valence-corrected chi connectivity index (χ2v) is 6.02. The number of hydrogen-bond acceptors (Lipinski definition) is 3. The van der Waals surface area contributed by atoms with Crippen molar-refractivity contribution in [2.45, 2.75) is 26.2 Å². The summed E-state index contributed by atoms with van der Waals surface area (Å²) in [4.78, 5) is 27.5. The number of rotatable bonds is 5. The molecular formula is C18H21N3O2. The summed E-state index contributed by atoms with van der Waals surface area (Å²) in [6.07, 6.45) is 0. The average Bonchev–Trinajstić information content (AvgIpc) is 2.53. The molecule has 0 bridgehead atoms. The van der Waals surface area contributed by atoms with E-state index in [2.05, 4.69) is 29.5 Å². The molecule has 2 amide bonds. The number of carbonyl (C=O) groups is 2. The molecule has 0 fully saturated rings. The molecule has 2 rings (SSSR count). The first kappa shape index (κ1) is 16.7. The van der Waals surface area contributed by atoms with Gasteiger partial charge in [-0.3, -0.25) is 9.59 Å². The van der Waals surface area contributed by atoms with Gasteiger partial charge in [0.05, 0.1) is 0 Å². The lowest BCUT2D eigenvalue weighted by molar-refractivity contribution is -0.114. The maximum absolute atomic E-state index is 12.3. The molecule has 0 unspecified atom stereocenters. The van der Waals surface area contributed by atoms with Gasteiger partial charge in [-0.15, -0.1) is 0 Å². The molecule has 0 saturated heterocycles. The normalized spacial score (nSPS) is 10.9. The summed E-state index contributed by atoms with van der Waals surface area (Å²) in [7, 11) is 0. The van der Waals surface area contributed by atoms with Crippen LogP contribution in [0.15, 0.2) is 48.5 Å². The summed E-state index contributed by atoms with van der Waals surface area (Å²) < 4.78 is 0. The number of carbonyl (C=O) groups excluding carboxylic acids is 2. The van der Waals surface area contributed by atoms with Gasteiger partial charge in [-0.05, 0) is 17.7 Å². The van der Waals surface area contributed by atoms with Gasteiger partial charge < -0.3 is 10.6 Å². The molecule has 120 valence electrons.